The maximum Gasteiger partial charge on any atom is 0.0600 e. The van der Waals surface area contributed by atoms with Crippen molar-refractivity contribution in [3.05, 3.63) is 24.3 Å². The maximum absolute atomic E-state index is 6.02. The lowest BCUT2D eigenvalue weighted by atomic mass is 10.1. The van der Waals surface area contributed by atoms with Crippen molar-refractivity contribution in [2.24, 2.45) is 0 Å². The molecule has 1 unspecified atom stereocenters. The first-order valence-electron chi connectivity index (χ1n) is 6.56. The molecule has 0 saturated carbocycles. The number of nitrogens with two attached hydrogens (primary N) is 1. The molecule has 94 valence electrons. The van der Waals surface area contributed by atoms with Crippen LogP contribution in [0.5, 0.6) is 0 Å². The summed E-state index contributed by atoms with van der Waals surface area (Å²) < 4.78 is 0. The molecular weight excluding hydrogens is 210 g/mol. The molecule has 1 heterocycles. The van der Waals surface area contributed by atoms with Gasteiger partial charge >= 0.3 is 0 Å². The Balaban J connectivity index is 1.98. The van der Waals surface area contributed by atoms with Gasteiger partial charge in [-0.15, -0.1) is 0 Å². The molecule has 17 heavy (non-hydrogen) atoms. The highest BCUT2D eigenvalue weighted by atomic mass is 15.3. The summed E-state index contributed by atoms with van der Waals surface area (Å²) in [6.45, 7) is 9.02. The topological polar surface area (TPSA) is 32.5 Å². The number of nitrogen functional groups attached to an aromatic ring is 1. The molecule has 1 aromatic carbocycles. The average molecular weight is 233 g/mol. The first-order chi connectivity index (χ1) is 8.22. The molecule has 3 nitrogen and oxygen atoms in total. The Morgan fingerprint density at radius 2 is 1.82 bits per heavy atom. The van der Waals surface area contributed by atoms with E-state index in [1.807, 2.05) is 12.1 Å². The molecule has 1 aromatic rings. The first-order valence-corrected chi connectivity index (χ1v) is 6.56. The summed E-state index contributed by atoms with van der Waals surface area (Å²) in [6.07, 6.45) is 1.23. The van der Waals surface area contributed by atoms with Crippen LogP contribution in [0.15, 0.2) is 24.3 Å². The Bertz CT molecular complexity index is 356. The van der Waals surface area contributed by atoms with Crippen LogP contribution < -0.4 is 10.6 Å². The minimum Gasteiger partial charge on any atom is -0.397 e. The molecule has 1 saturated heterocycles. The van der Waals surface area contributed by atoms with Gasteiger partial charge in [0.05, 0.1) is 11.4 Å². The van der Waals surface area contributed by atoms with Crippen molar-refractivity contribution in [1.29, 1.82) is 0 Å². The summed E-state index contributed by atoms with van der Waals surface area (Å²) in [5, 5.41) is 0. The van der Waals surface area contributed by atoms with Crippen molar-refractivity contribution < 1.29 is 0 Å². The third-order valence-electron chi connectivity index (χ3n) is 3.81. The molecule has 0 amide bonds. The van der Waals surface area contributed by atoms with Crippen molar-refractivity contribution in [3.63, 3.8) is 0 Å². The van der Waals surface area contributed by atoms with Crippen molar-refractivity contribution >= 4 is 11.4 Å². The predicted octanol–water partition coefficient (Wildman–Crippen LogP) is 2.19. The van der Waals surface area contributed by atoms with E-state index in [1.54, 1.807) is 0 Å². The highest BCUT2D eigenvalue weighted by Gasteiger charge is 2.20. The number of benzene rings is 1. The Morgan fingerprint density at radius 1 is 1.18 bits per heavy atom. The third-order valence-corrected chi connectivity index (χ3v) is 3.81. The number of hydrogen-bond donors (Lipinski definition) is 1. The number of piperazine rings is 1. The Hall–Kier alpha value is -1.22. The van der Waals surface area contributed by atoms with E-state index in [0.717, 1.165) is 31.9 Å². The van der Waals surface area contributed by atoms with Crippen LogP contribution in [-0.4, -0.2) is 37.1 Å². The molecule has 0 radical (unpaired) electrons. The molecule has 0 bridgehead atoms. The van der Waals surface area contributed by atoms with Crippen LogP contribution in [0.25, 0.3) is 0 Å². The van der Waals surface area contributed by atoms with Crippen molar-refractivity contribution in [2.45, 2.75) is 26.3 Å². The van der Waals surface area contributed by atoms with Gasteiger partial charge in [0.2, 0.25) is 0 Å². The van der Waals surface area contributed by atoms with Gasteiger partial charge in [-0.25, -0.2) is 0 Å². The molecule has 0 aliphatic carbocycles. The summed E-state index contributed by atoms with van der Waals surface area (Å²) >= 11 is 0. The number of nitrogens with zero attached hydrogens (tertiary/aromatic N) is 2. The zero-order chi connectivity index (χ0) is 12.3. The van der Waals surface area contributed by atoms with Crippen molar-refractivity contribution in [2.75, 3.05) is 36.8 Å². The number of anilines is 2. The summed E-state index contributed by atoms with van der Waals surface area (Å²) in [5.41, 5.74) is 8.10. The van der Waals surface area contributed by atoms with Gasteiger partial charge in [0.1, 0.15) is 0 Å². The van der Waals surface area contributed by atoms with Gasteiger partial charge in [-0.2, -0.15) is 0 Å². The quantitative estimate of drug-likeness (QED) is 0.812. The fraction of sp³-hybridized carbons (Fsp3) is 0.571. The molecule has 1 atom stereocenters. The van der Waals surface area contributed by atoms with Crippen LogP contribution in [0.4, 0.5) is 11.4 Å². The van der Waals surface area contributed by atoms with Gasteiger partial charge in [0.25, 0.3) is 0 Å². The van der Waals surface area contributed by atoms with Crippen LogP contribution in [0.3, 0.4) is 0 Å². The van der Waals surface area contributed by atoms with E-state index in [0.29, 0.717) is 6.04 Å². The maximum atomic E-state index is 6.02. The van der Waals surface area contributed by atoms with Crippen LogP contribution in [0.1, 0.15) is 20.3 Å². The second-order valence-electron chi connectivity index (χ2n) is 4.84. The Labute approximate surface area is 104 Å². The van der Waals surface area contributed by atoms with Gasteiger partial charge in [0.15, 0.2) is 0 Å². The first kappa shape index (κ1) is 12.2. The zero-order valence-electron chi connectivity index (χ0n) is 10.9. The van der Waals surface area contributed by atoms with E-state index in [1.165, 1.54) is 12.1 Å². The van der Waals surface area contributed by atoms with E-state index in [4.69, 9.17) is 5.73 Å². The summed E-state index contributed by atoms with van der Waals surface area (Å²) in [4.78, 5) is 4.96. The lowest BCUT2D eigenvalue weighted by Gasteiger charge is -2.39. The molecule has 1 aliphatic rings. The lowest BCUT2D eigenvalue weighted by Crippen LogP contribution is -2.49. The summed E-state index contributed by atoms with van der Waals surface area (Å²) in [7, 11) is 0. The van der Waals surface area contributed by atoms with E-state index >= 15 is 0 Å². The Kier molecular flexibility index (Phi) is 3.89. The van der Waals surface area contributed by atoms with Crippen LogP contribution in [0, 0.1) is 0 Å². The van der Waals surface area contributed by atoms with Gasteiger partial charge in [-0.1, -0.05) is 19.1 Å². The Morgan fingerprint density at radius 3 is 2.41 bits per heavy atom. The van der Waals surface area contributed by atoms with Gasteiger partial charge < -0.3 is 10.6 Å². The molecule has 0 aromatic heterocycles. The number of para-hydroxylation sites is 2. The standard InChI is InChI=1S/C14H23N3/c1-3-12(2)16-8-10-17(11-9-16)14-7-5-4-6-13(14)15/h4-7,12H,3,8-11,15H2,1-2H3. The predicted molar refractivity (Wildman–Crippen MR) is 74.4 cm³/mol. The second kappa shape index (κ2) is 5.41. The molecule has 1 fully saturated rings. The lowest BCUT2D eigenvalue weighted by molar-refractivity contribution is 0.193. The number of rotatable bonds is 3. The van der Waals surface area contributed by atoms with E-state index in [-0.39, 0.29) is 0 Å². The fourth-order valence-electron chi connectivity index (χ4n) is 2.44. The van der Waals surface area contributed by atoms with Crippen LogP contribution in [-0.2, 0) is 0 Å². The zero-order valence-corrected chi connectivity index (χ0v) is 10.9. The van der Waals surface area contributed by atoms with Gasteiger partial charge in [0, 0.05) is 32.2 Å². The molecule has 0 spiro atoms. The molecule has 2 N–H and O–H groups in total. The molecule has 1 aliphatic heterocycles. The minimum absolute atomic E-state index is 0.699. The highest BCUT2D eigenvalue weighted by Crippen LogP contribution is 2.24. The smallest absolute Gasteiger partial charge is 0.0600 e. The third kappa shape index (κ3) is 2.72. The second-order valence-corrected chi connectivity index (χ2v) is 4.84. The fourth-order valence-corrected chi connectivity index (χ4v) is 2.44. The number of hydrogen-bond acceptors (Lipinski definition) is 3. The summed E-state index contributed by atoms with van der Waals surface area (Å²) in [5.74, 6) is 0. The summed E-state index contributed by atoms with van der Waals surface area (Å²) in [6, 6.07) is 8.86. The minimum atomic E-state index is 0.699. The largest absolute Gasteiger partial charge is 0.397 e. The molecular formula is C14H23N3. The van der Waals surface area contributed by atoms with Crippen molar-refractivity contribution in [1.82, 2.24) is 4.90 Å². The average Bonchev–Trinajstić information content (AvgIpc) is 2.39. The van der Waals surface area contributed by atoms with E-state index in [2.05, 4.69) is 35.8 Å². The molecule has 2 rings (SSSR count). The van der Waals surface area contributed by atoms with E-state index in [9.17, 15) is 0 Å². The normalized spacial score (nSPS) is 19.3. The molecule has 3 heteroatoms. The monoisotopic (exact) mass is 233 g/mol. The van der Waals surface area contributed by atoms with Gasteiger partial charge in [-0.3, -0.25) is 4.90 Å². The van der Waals surface area contributed by atoms with Crippen molar-refractivity contribution in [3.8, 4) is 0 Å². The van der Waals surface area contributed by atoms with Crippen LogP contribution >= 0.6 is 0 Å². The van der Waals surface area contributed by atoms with E-state index < -0.39 is 0 Å². The SMILES string of the molecule is CCC(C)N1CCN(c2ccccc2N)CC1. The van der Waals surface area contributed by atoms with Crippen LogP contribution in [0.2, 0.25) is 0 Å². The van der Waals surface area contributed by atoms with Gasteiger partial charge in [-0.05, 0) is 25.5 Å². The highest BCUT2D eigenvalue weighted by molar-refractivity contribution is 5.67.